The van der Waals surface area contributed by atoms with Crippen molar-refractivity contribution in [1.29, 1.82) is 0 Å². The van der Waals surface area contributed by atoms with E-state index in [0.717, 1.165) is 0 Å². The summed E-state index contributed by atoms with van der Waals surface area (Å²) in [4.78, 5) is 21.4. The van der Waals surface area contributed by atoms with Crippen LogP contribution in [0.2, 0.25) is 0 Å². The van der Waals surface area contributed by atoms with Crippen LogP contribution in [0.1, 0.15) is 0 Å². The first kappa shape index (κ1) is 7.53. The molecule has 6 nitrogen and oxygen atoms in total. The largest absolute Gasteiger partial charge is 0.316 e. The van der Waals surface area contributed by atoms with Crippen LogP contribution < -0.4 is 10.6 Å². The van der Waals surface area contributed by atoms with Gasteiger partial charge in [-0.15, -0.1) is 5.10 Å². The van der Waals surface area contributed by atoms with Crippen molar-refractivity contribution >= 4 is 17.8 Å². The molecule has 6 heteroatoms. The second-order valence-corrected chi connectivity index (χ2v) is 2.42. The Morgan fingerprint density at radius 2 is 1.62 bits per heavy atom. The molecule has 0 unspecified atom stereocenters. The normalized spacial score (nSPS) is 15.5. The van der Waals surface area contributed by atoms with Crippen LogP contribution in [0, 0.1) is 0 Å². The minimum atomic E-state index is -0.689. The molecule has 2 amide bonds. The molecule has 0 bridgehead atoms. The molecule has 0 saturated carbocycles. The van der Waals surface area contributed by atoms with E-state index in [9.17, 15) is 9.59 Å². The van der Waals surface area contributed by atoms with E-state index in [-0.39, 0.29) is 5.96 Å². The Labute approximate surface area is 73.2 Å². The third-order valence-electron chi connectivity index (χ3n) is 1.47. The third-order valence-corrected chi connectivity index (χ3v) is 1.47. The van der Waals surface area contributed by atoms with Gasteiger partial charge in [0.05, 0.1) is 0 Å². The predicted octanol–water partition coefficient (Wildman–Crippen LogP) is -1.15. The summed E-state index contributed by atoms with van der Waals surface area (Å²) in [7, 11) is 0. The number of aromatic nitrogens is 1. The lowest BCUT2D eigenvalue weighted by atomic mass is 10.6. The number of guanidine groups is 1. The van der Waals surface area contributed by atoms with E-state index in [4.69, 9.17) is 0 Å². The number of nitrogens with zero attached hydrogens (tertiary/aromatic N) is 2. The third kappa shape index (κ3) is 1.41. The van der Waals surface area contributed by atoms with Crippen LogP contribution in [0.15, 0.2) is 29.6 Å². The summed E-state index contributed by atoms with van der Waals surface area (Å²) in [5.41, 5.74) is 0. The molecule has 2 N–H and O–H groups in total. The lowest BCUT2D eigenvalue weighted by Crippen LogP contribution is -2.26. The van der Waals surface area contributed by atoms with Gasteiger partial charge in [-0.05, 0) is 12.1 Å². The first-order valence-corrected chi connectivity index (χ1v) is 3.60. The molecule has 66 valence electrons. The van der Waals surface area contributed by atoms with E-state index in [1.54, 1.807) is 24.5 Å². The summed E-state index contributed by atoms with van der Waals surface area (Å²) in [6, 6.07) is 3.56. The van der Waals surface area contributed by atoms with Crippen molar-refractivity contribution in [2.45, 2.75) is 0 Å². The summed E-state index contributed by atoms with van der Waals surface area (Å²) in [5, 5.41) is 8.43. The van der Waals surface area contributed by atoms with Crippen molar-refractivity contribution in [2.24, 2.45) is 5.10 Å². The summed E-state index contributed by atoms with van der Waals surface area (Å²) in [6.07, 6.45) is 3.37. The van der Waals surface area contributed by atoms with Gasteiger partial charge in [0.1, 0.15) is 0 Å². The number of hydrogen-bond donors (Lipinski definition) is 2. The highest BCUT2D eigenvalue weighted by atomic mass is 16.2. The number of amides is 2. The van der Waals surface area contributed by atoms with Crippen molar-refractivity contribution in [3.63, 3.8) is 0 Å². The van der Waals surface area contributed by atoms with Crippen LogP contribution in [-0.2, 0) is 9.59 Å². The highest BCUT2D eigenvalue weighted by molar-refractivity contribution is 6.45. The lowest BCUT2D eigenvalue weighted by molar-refractivity contribution is -0.135. The molecule has 1 saturated heterocycles. The molecule has 1 aliphatic rings. The van der Waals surface area contributed by atoms with E-state index >= 15 is 0 Å². The van der Waals surface area contributed by atoms with E-state index in [0.29, 0.717) is 0 Å². The minimum absolute atomic E-state index is 0.145. The van der Waals surface area contributed by atoms with Gasteiger partial charge in [-0.25, -0.2) is 4.68 Å². The van der Waals surface area contributed by atoms with E-state index in [1.165, 1.54) is 4.68 Å². The Kier molecular flexibility index (Phi) is 1.59. The van der Waals surface area contributed by atoms with Gasteiger partial charge in [0.2, 0.25) is 5.96 Å². The molecular weight excluding hydrogens is 172 g/mol. The molecule has 0 radical (unpaired) electrons. The number of nitrogens with one attached hydrogen (secondary N) is 2. The fraction of sp³-hybridized carbons (Fsp3) is 0. The smallest absolute Gasteiger partial charge is 0.286 e. The van der Waals surface area contributed by atoms with E-state index in [2.05, 4.69) is 15.7 Å². The minimum Gasteiger partial charge on any atom is -0.286 e. The Hall–Kier alpha value is -2.11. The van der Waals surface area contributed by atoms with Crippen LogP contribution in [0.3, 0.4) is 0 Å². The average molecular weight is 178 g/mol. The Balaban J connectivity index is 2.20. The number of rotatable bonds is 1. The molecular formula is C7H6N4O2. The Morgan fingerprint density at radius 1 is 1.08 bits per heavy atom. The zero-order valence-electron chi connectivity index (χ0n) is 6.52. The zero-order valence-corrected chi connectivity index (χ0v) is 6.52. The SMILES string of the molecule is O=C1NC(=Nn2cccc2)NC1=O. The molecule has 1 aliphatic heterocycles. The van der Waals surface area contributed by atoms with Crippen LogP contribution in [-0.4, -0.2) is 22.5 Å². The first-order valence-electron chi connectivity index (χ1n) is 3.60. The predicted molar refractivity (Wildman–Crippen MR) is 43.6 cm³/mol. The van der Waals surface area contributed by atoms with Gasteiger partial charge in [-0.2, -0.15) is 0 Å². The fourth-order valence-corrected chi connectivity index (χ4v) is 0.917. The van der Waals surface area contributed by atoms with E-state index in [1.807, 2.05) is 0 Å². The van der Waals surface area contributed by atoms with Gasteiger partial charge in [-0.1, -0.05) is 0 Å². The highest BCUT2D eigenvalue weighted by Gasteiger charge is 2.25. The summed E-state index contributed by atoms with van der Waals surface area (Å²) < 4.78 is 1.47. The maximum Gasteiger partial charge on any atom is 0.316 e. The molecule has 2 rings (SSSR count). The van der Waals surface area contributed by atoms with Crippen molar-refractivity contribution in [3.8, 4) is 0 Å². The van der Waals surface area contributed by atoms with Gasteiger partial charge >= 0.3 is 11.8 Å². The van der Waals surface area contributed by atoms with Gasteiger partial charge in [0, 0.05) is 12.4 Å². The number of carbonyl (C=O) groups excluding carboxylic acids is 2. The van der Waals surface area contributed by atoms with Gasteiger partial charge < -0.3 is 0 Å². The quantitative estimate of drug-likeness (QED) is 0.533. The fourth-order valence-electron chi connectivity index (χ4n) is 0.917. The van der Waals surface area contributed by atoms with Crippen molar-refractivity contribution in [3.05, 3.63) is 24.5 Å². The molecule has 13 heavy (non-hydrogen) atoms. The maximum absolute atomic E-state index is 10.7. The molecule has 0 aliphatic carbocycles. The van der Waals surface area contributed by atoms with E-state index < -0.39 is 11.8 Å². The van der Waals surface area contributed by atoms with Gasteiger partial charge in [-0.3, -0.25) is 20.2 Å². The molecule has 0 aromatic carbocycles. The summed E-state index contributed by atoms with van der Waals surface area (Å²) in [6.45, 7) is 0. The van der Waals surface area contributed by atoms with Crippen molar-refractivity contribution in [2.75, 3.05) is 0 Å². The zero-order chi connectivity index (χ0) is 9.26. The molecule has 2 heterocycles. The average Bonchev–Trinajstić information content (AvgIpc) is 2.64. The second-order valence-electron chi connectivity index (χ2n) is 2.42. The highest BCUT2D eigenvalue weighted by Crippen LogP contribution is 1.90. The number of carbonyl (C=O) groups is 2. The standard InChI is InChI=1S/C7H6N4O2/c12-5-6(13)9-7(8-5)10-11-3-1-2-4-11/h1-4H,(H2,8,9,10,12,13). The topological polar surface area (TPSA) is 75.5 Å². The summed E-state index contributed by atoms with van der Waals surface area (Å²) >= 11 is 0. The van der Waals surface area contributed by atoms with Crippen LogP contribution in [0.4, 0.5) is 0 Å². The maximum atomic E-state index is 10.7. The van der Waals surface area contributed by atoms with Crippen LogP contribution in [0.5, 0.6) is 0 Å². The first-order chi connectivity index (χ1) is 6.25. The molecule has 1 aromatic rings. The summed E-state index contributed by atoms with van der Waals surface area (Å²) in [5.74, 6) is -1.23. The van der Waals surface area contributed by atoms with Crippen molar-refractivity contribution < 1.29 is 9.59 Å². The van der Waals surface area contributed by atoms with Crippen LogP contribution in [0.25, 0.3) is 0 Å². The molecule has 0 atom stereocenters. The van der Waals surface area contributed by atoms with Crippen LogP contribution >= 0.6 is 0 Å². The lowest BCUT2D eigenvalue weighted by Gasteiger charge is -1.95. The Bertz CT molecular complexity index is 361. The molecule has 1 fully saturated rings. The monoisotopic (exact) mass is 178 g/mol. The second kappa shape index (κ2) is 2.74. The molecule has 1 aromatic heterocycles. The van der Waals surface area contributed by atoms with Gasteiger partial charge in [0.25, 0.3) is 0 Å². The number of hydrogen-bond acceptors (Lipinski definition) is 3. The van der Waals surface area contributed by atoms with Gasteiger partial charge in [0.15, 0.2) is 0 Å². The molecule has 0 spiro atoms. The van der Waals surface area contributed by atoms with Crippen molar-refractivity contribution in [1.82, 2.24) is 15.3 Å². The Morgan fingerprint density at radius 3 is 2.15 bits per heavy atom.